The molecule has 7 heteroatoms. The molecule has 0 N–H and O–H groups in total. The average Bonchev–Trinajstić information content (AvgIpc) is 3.23. The molecule has 1 fully saturated rings. The number of esters is 1. The van der Waals surface area contributed by atoms with E-state index in [9.17, 15) is 14.4 Å². The number of fused-ring (bicyclic) bond motifs is 2. The molecule has 0 aromatic rings. The van der Waals surface area contributed by atoms with Crippen molar-refractivity contribution in [3.63, 3.8) is 0 Å². The quantitative estimate of drug-likeness (QED) is 0.303. The summed E-state index contributed by atoms with van der Waals surface area (Å²) in [7, 11) is 0. The second-order valence-electron chi connectivity index (χ2n) is 9.08. The Morgan fingerprint density at radius 2 is 1.97 bits per heavy atom. The number of rotatable bonds is 2. The van der Waals surface area contributed by atoms with Gasteiger partial charge in [0.15, 0.2) is 0 Å². The lowest BCUT2D eigenvalue weighted by atomic mass is 9.92. The monoisotopic (exact) mass is 401 g/mol. The summed E-state index contributed by atoms with van der Waals surface area (Å²) >= 11 is 0. The predicted molar refractivity (Wildman–Crippen MR) is 103 cm³/mol. The number of cyclic esters (lactones) is 1. The molecule has 0 radical (unpaired) electrons. The molecule has 0 spiro atoms. The minimum absolute atomic E-state index is 0.139. The molecule has 2 aliphatic carbocycles. The van der Waals surface area contributed by atoms with E-state index in [1.54, 1.807) is 33.8 Å². The Hall–Kier alpha value is -2.57. The van der Waals surface area contributed by atoms with Gasteiger partial charge in [-0.25, -0.2) is 14.5 Å². The molecule has 2 heterocycles. The molecule has 2 amide bonds. The molecule has 3 atom stereocenters. The summed E-state index contributed by atoms with van der Waals surface area (Å²) in [5.74, 6) is -0.964. The highest BCUT2D eigenvalue weighted by Crippen LogP contribution is 2.50. The summed E-state index contributed by atoms with van der Waals surface area (Å²) in [5, 5.41) is 0. The third kappa shape index (κ3) is 3.58. The maximum absolute atomic E-state index is 13.2. The van der Waals surface area contributed by atoms with Crippen LogP contribution in [0.5, 0.6) is 0 Å². The van der Waals surface area contributed by atoms with Gasteiger partial charge in [0.05, 0.1) is 17.9 Å². The Kier molecular flexibility index (Phi) is 4.79. The molecule has 0 aromatic carbocycles. The lowest BCUT2D eigenvalue weighted by Crippen LogP contribution is -2.43. The van der Waals surface area contributed by atoms with Crippen molar-refractivity contribution in [1.29, 1.82) is 0 Å². The first kappa shape index (κ1) is 19.7. The number of ether oxygens (including phenoxy) is 3. The Labute approximate surface area is 170 Å². The van der Waals surface area contributed by atoms with Gasteiger partial charge < -0.3 is 14.2 Å². The summed E-state index contributed by atoms with van der Waals surface area (Å²) in [5.41, 5.74) is 2.76. The fourth-order valence-corrected chi connectivity index (χ4v) is 4.60. The molecule has 7 nitrogen and oxygen atoms in total. The lowest BCUT2D eigenvalue weighted by molar-refractivity contribution is -0.152. The van der Waals surface area contributed by atoms with E-state index in [-0.39, 0.29) is 12.0 Å². The lowest BCUT2D eigenvalue weighted by Gasteiger charge is -2.29. The van der Waals surface area contributed by atoms with Gasteiger partial charge in [-0.1, -0.05) is 5.57 Å². The Balaban J connectivity index is 1.62. The largest absolute Gasteiger partial charge is 0.458 e. The number of likely N-dealkylation sites (tertiary alicyclic amines) is 1. The van der Waals surface area contributed by atoms with Gasteiger partial charge in [-0.2, -0.15) is 0 Å². The highest BCUT2D eigenvalue weighted by molar-refractivity contribution is 6.06. The first-order chi connectivity index (χ1) is 13.7. The summed E-state index contributed by atoms with van der Waals surface area (Å²) in [4.78, 5) is 38.9. The van der Waals surface area contributed by atoms with Crippen molar-refractivity contribution in [3.05, 3.63) is 34.6 Å². The molecule has 2 aliphatic heterocycles. The average molecular weight is 401 g/mol. The topological polar surface area (TPSA) is 82.1 Å². The molecule has 29 heavy (non-hydrogen) atoms. The van der Waals surface area contributed by atoms with Gasteiger partial charge in [-0.15, -0.1) is 0 Å². The van der Waals surface area contributed by atoms with Gasteiger partial charge in [0, 0.05) is 17.6 Å². The van der Waals surface area contributed by atoms with Crippen LogP contribution >= 0.6 is 0 Å². The van der Waals surface area contributed by atoms with Gasteiger partial charge >= 0.3 is 12.1 Å². The van der Waals surface area contributed by atoms with Crippen molar-refractivity contribution >= 4 is 18.0 Å². The number of hydrogen-bond donors (Lipinski definition) is 0. The predicted octanol–water partition coefficient (Wildman–Crippen LogP) is 3.75. The van der Waals surface area contributed by atoms with E-state index in [1.165, 1.54) is 22.3 Å². The van der Waals surface area contributed by atoms with Crippen molar-refractivity contribution in [2.24, 2.45) is 5.92 Å². The highest BCUT2D eigenvalue weighted by atomic mass is 16.7. The van der Waals surface area contributed by atoms with Crippen molar-refractivity contribution in [1.82, 2.24) is 4.90 Å². The molecule has 4 rings (SSSR count). The van der Waals surface area contributed by atoms with Crippen LogP contribution in [-0.2, 0) is 23.8 Å². The summed E-state index contributed by atoms with van der Waals surface area (Å²) in [6, 6.07) is -0.300. The number of nitrogens with zero attached hydrogens (tertiary/aromatic N) is 1. The third-order valence-corrected chi connectivity index (χ3v) is 5.83. The van der Waals surface area contributed by atoms with Crippen LogP contribution in [0.4, 0.5) is 4.79 Å². The van der Waals surface area contributed by atoms with Gasteiger partial charge in [-0.05, 0) is 65.4 Å². The minimum atomic E-state index is -0.846. The molecule has 156 valence electrons. The van der Waals surface area contributed by atoms with Crippen LogP contribution in [0.1, 0.15) is 59.8 Å². The van der Waals surface area contributed by atoms with Crippen molar-refractivity contribution in [3.8, 4) is 0 Å². The van der Waals surface area contributed by atoms with E-state index in [0.717, 1.165) is 32.1 Å². The van der Waals surface area contributed by atoms with Crippen LogP contribution in [0.2, 0.25) is 0 Å². The molecular formula is C22H27NO6. The van der Waals surface area contributed by atoms with E-state index >= 15 is 0 Å². The summed E-state index contributed by atoms with van der Waals surface area (Å²) < 4.78 is 16.2. The molecule has 0 bridgehead atoms. The van der Waals surface area contributed by atoms with Crippen molar-refractivity contribution in [2.45, 2.75) is 77.7 Å². The number of imide groups is 1. The Bertz CT molecular complexity index is 859. The minimum Gasteiger partial charge on any atom is -0.458 e. The maximum atomic E-state index is 13.2. The van der Waals surface area contributed by atoms with Crippen molar-refractivity contribution < 1.29 is 28.6 Å². The van der Waals surface area contributed by atoms with E-state index in [1.807, 2.05) is 0 Å². The Morgan fingerprint density at radius 1 is 1.24 bits per heavy atom. The zero-order valence-electron chi connectivity index (χ0n) is 17.3. The van der Waals surface area contributed by atoms with Crippen LogP contribution in [0, 0.1) is 5.92 Å². The first-order valence-electron chi connectivity index (χ1n) is 10.2. The molecular weight excluding hydrogens is 374 g/mol. The van der Waals surface area contributed by atoms with E-state index in [2.05, 4.69) is 0 Å². The van der Waals surface area contributed by atoms with E-state index in [4.69, 9.17) is 14.2 Å². The highest BCUT2D eigenvalue weighted by Gasteiger charge is 2.54. The number of amides is 2. The molecule has 0 saturated carbocycles. The summed E-state index contributed by atoms with van der Waals surface area (Å²) in [6.07, 6.45) is 6.33. The van der Waals surface area contributed by atoms with Gasteiger partial charge in [0.2, 0.25) is 0 Å². The number of hydrogen-bond acceptors (Lipinski definition) is 6. The Morgan fingerprint density at radius 3 is 2.62 bits per heavy atom. The van der Waals surface area contributed by atoms with E-state index < -0.39 is 29.9 Å². The van der Waals surface area contributed by atoms with Crippen LogP contribution in [-0.4, -0.2) is 40.8 Å². The fraction of sp³-hybridized carbons (Fsp3) is 0.591. The SMILES string of the molecule is CC1=C[C@@H](O/C=C2/C(=O)N(C(=O)OC(C)(C)C)[C@@H]3C4=C(CCCC4)CC23)OC1=O. The maximum Gasteiger partial charge on any atom is 0.417 e. The third-order valence-electron chi connectivity index (χ3n) is 5.83. The van der Waals surface area contributed by atoms with Gasteiger partial charge in [-0.3, -0.25) is 4.79 Å². The first-order valence-corrected chi connectivity index (χ1v) is 10.2. The van der Waals surface area contributed by atoms with Crippen LogP contribution in [0.3, 0.4) is 0 Å². The number of allylic oxidation sites excluding steroid dienone is 1. The normalized spacial score (nSPS) is 30.3. The van der Waals surface area contributed by atoms with Crippen molar-refractivity contribution in [2.75, 3.05) is 0 Å². The fourth-order valence-electron chi connectivity index (χ4n) is 4.60. The standard InChI is InChI=1S/C22H27NO6/c1-12-9-17(28-20(12)25)27-11-16-15-10-13-7-5-6-8-14(13)18(15)23(19(16)24)21(26)29-22(2,3)4/h9,11,15,17-18H,5-8,10H2,1-4H3/b16-11+/t15?,17-,18+/m0/s1. The number of carbonyl (C=O) groups excluding carboxylic acids is 3. The second kappa shape index (κ2) is 7.04. The summed E-state index contributed by atoms with van der Waals surface area (Å²) in [6.45, 7) is 7.00. The molecule has 4 aliphatic rings. The molecule has 1 unspecified atom stereocenters. The zero-order chi connectivity index (χ0) is 20.9. The second-order valence-corrected chi connectivity index (χ2v) is 9.08. The van der Waals surface area contributed by atoms with E-state index in [0.29, 0.717) is 11.1 Å². The molecule has 0 aromatic heterocycles. The zero-order valence-corrected chi connectivity index (χ0v) is 17.3. The number of carbonyl (C=O) groups is 3. The van der Waals surface area contributed by atoms with Crippen LogP contribution in [0.25, 0.3) is 0 Å². The van der Waals surface area contributed by atoms with Gasteiger partial charge in [0.1, 0.15) is 5.60 Å². The van der Waals surface area contributed by atoms with Crippen LogP contribution in [0.15, 0.2) is 34.6 Å². The van der Waals surface area contributed by atoms with Crippen LogP contribution < -0.4 is 0 Å². The van der Waals surface area contributed by atoms with Gasteiger partial charge in [0.25, 0.3) is 12.2 Å². The molecule has 1 saturated heterocycles. The smallest absolute Gasteiger partial charge is 0.417 e.